The first-order valence-electron chi connectivity index (χ1n) is 6.87. The average Bonchev–Trinajstić information content (AvgIpc) is 2.35. The number of nitrogens with zero attached hydrogens (tertiary/aromatic N) is 1. The van der Waals surface area contributed by atoms with Crippen LogP contribution in [0.3, 0.4) is 0 Å². The molecule has 1 fully saturated rings. The first kappa shape index (κ1) is 15.9. The van der Waals surface area contributed by atoms with Gasteiger partial charge >= 0.3 is 0 Å². The second-order valence-electron chi connectivity index (χ2n) is 6.46. The number of ether oxygens (including phenoxy) is 2. The zero-order valence-electron chi connectivity index (χ0n) is 12.7. The molecule has 0 spiro atoms. The number of nitrogens with two attached hydrogens (primary N) is 1. The van der Waals surface area contributed by atoms with Crippen molar-refractivity contribution in [1.29, 1.82) is 0 Å². The van der Waals surface area contributed by atoms with Gasteiger partial charge in [-0.2, -0.15) is 0 Å². The van der Waals surface area contributed by atoms with Gasteiger partial charge in [-0.1, -0.05) is 13.8 Å². The average molecular weight is 258 g/mol. The molecule has 1 rings (SSSR count). The van der Waals surface area contributed by atoms with Crippen LogP contribution in [-0.2, 0) is 9.47 Å². The third-order valence-corrected chi connectivity index (χ3v) is 4.45. The highest BCUT2D eigenvalue weighted by molar-refractivity contribution is 4.92. The van der Waals surface area contributed by atoms with Crippen LogP contribution in [0.25, 0.3) is 0 Å². The van der Waals surface area contributed by atoms with Gasteiger partial charge < -0.3 is 15.2 Å². The fraction of sp³-hybridized carbons (Fsp3) is 1.00. The molecule has 1 saturated heterocycles. The summed E-state index contributed by atoms with van der Waals surface area (Å²) in [7, 11) is 3.37. The molecular formula is C14H30N2O2. The summed E-state index contributed by atoms with van der Waals surface area (Å²) in [6.45, 7) is 9.77. The van der Waals surface area contributed by atoms with E-state index in [-0.39, 0.29) is 11.8 Å². The van der Waals surface area contributed by atoms with Crippen molar-refractivity contribution in [3.8, 4) is 0 Å². The second-order valence-corrected chi connectivity index (χ2v) is 6.46. The molecule has 0 aliphatic carbocycles. The van der Waals surface area contributed by atoms with E-state index >= 15 is 0 Å². The van der Waals surface area contributed by atoms with E-state index in [0.29, 0.717) is 12.0 Å². The van der Waals surface area contributed by atoms with Crippen LogP contribution in [0.5, 0.6) is 0 Å². The van der Waals surface area contributed by atoms with Crippen molar-refractivity contribution in [2.24, 2.45) is 11.1 Å². The van der Waals surface area contributed by atoms with Gasteiger partial charge in [0, 0.05) is 32.7 Å². The topological polar surface area (TPSA) is 47.7 Å². The summed E-state index contributed by atoms with van der Waals surface area (Å²) < 4.78 is 10.6. The number of hydrogen-bond acceptors (Lipinski definition) is 4. The van der Waals surface area contributed by atoms with Crippen molar-refractivity contribution >= 4 is 0 Å². The van der Waals surface area contributed by atoms with Crippen molar-refractivity contribution in [2.75, 3.05) is 33.9 Å². The van der Waals surface area contributed by atoms with E-state index in [4.69, 9.17) is 15.2 Å². The Hall–Kier alpha value is -0.160. The lowest BCUT2D eigenvalue weighted by Crippen LogP contribution is -2.56. The Morgan fingerprint density at radius 2 is 1.72 bits per heavy atom. The van der Waals surface area contributed by atoms with Gasteiger partial charge in [0.05, 0.1) is 0 Å². The molecule has 4 nitrogen and oxygen atoms in total. The van der Waals surface area contributed by atoms with Gasteiger partial charge in [-0.3, -0.25) is 4.90 Å². The number of piperidine rings is 1. The van der Waals surface area contributed by atoms with E-state index in [1.54, 1.807) is 14.2 Å². The van der Waals surface area contributed by atoms with Gasteiger partial charge in [0.25, 0.3) is 0 Å². The van der Waals surface area contributed by atoms with Crippen molar-refractivity contribution in [2.45, 2.75) is 51.9 Å². The fourth-order valence-electron chi connectivity index (χ4n) is 2.62. The smallest absolute Gasteiger partial charge is 0.158 e. The minimum atomic E-state index is -0.173. The Bertz CT molecular complexity index is 244. The van der Waals surface area contributed by atoms with Crippen molar-refractivity contribution in [3.05, 3.63) is 0 Å². The largest absolute Gasteiger partial charge is 0.356 e. The number of likely N-dealkylation sites (tertiary alicyclic amines) is 1. The van der Waals surface area contributed by atoms with Gasteiger partial charge in [-0.15, -0.1) is 0 Å². The Kier molecular flexibility index (Phi) is 5.59. The molecule has 0 aromatic carbocycles. The molecule has 1 atom stereocenters. The number of rotatable bonds is 6. The molecule has 108 valence electrons. The summed E-state index contributed by atoms with van der Waals surface area (Å²) in [5.74, 6) is 0. The van der Waals surface area contributed by atoms with Gasteiger partial charge in [0.15, 0.2) is 6.29 Å². The monoisotopic (exact) mass is 258 g/mol. The Morgan fingerprint density at radius 3 is 2.11 bits per heavy atom. The SMILES string of the molecule is COC(CC(C)(CN)N1CCC(C)(C)CC1)OC. The number of hydrogen-bond donors (Lipinski definition) is 1. The van der Waals surface area contributed by atoms with Crippen LogP contribution in [0.1, 0.15) is 40.0 Å². The molecule has 1 aliphatic heterocycles. The van der Waals surface area contributed by atoms with Crippen LogP contribution in [0, 0.1) is 5.41 Å². The van der Waals surface area contributed by atoms with Crippen LogP contribution >= 0.6 is 0 Å². The predicted molar refractivity (Wildman–Crippen MR) is 74.5 cm³/mol. The molecule has 0 amide bonds. The normalized spacial score (nSPS) is 24.2. The standard InChI is InChI=1S/C14H30N2O2/c1-13(2)6-8-16(9-7-13)14(3,11-15)10-12(17-4)18-5/h12H,6-11,15H2,1-5H3. The molecule has 0 radical (unpaired) electrons. The highest BCUT2D eigenvalue weighted by Crippen LogP contribution is 2.34. The molecule has 1 aliphatic rings. The maximum atomic E-state index is 6.01. The van der Waals surface area contributed by atoms with Crippen LogP contribution < -0.4 is 5.73 Å². The summed E-state index contributed by atoms with van der Waals surface area (Å²) in [4.78, 5) is 2.50. The van der Waals surface area contributed by atoms with E-state index < -0.39 is 0 Å². The molecule has 1 unspecified atom stereocenters. The van der Waals surface area contributed by atoms with Crippen LogP contribution in [0.2, 0.25) is 0 Å². The quantitative estimate of drug-likeness (QED) is 0.739. The van der Waals surface area contributed by atoms with E-state index in [2.05, 4.69) is 25.7 Å². The summed E-state index contributed by atoms with van der Waals surface area (Å²) in [5, 5.41) is 0. The predicted octanol–water partition coefficient (Wildman–Crippen LogP) is 1.83. The molecule has 0 aromatic rings. The van der Waals surface area contributed by atoms with Gasteiger partial charge in [-0.05, 0) is 38.3 Å². The summed E-state index contributed by atoms with van der Waals surface area (Å²) >= 11 is 0. The summed E-state index contributed by atoms with van der Waals surface area (Å²) in [6.07, 6.45) is 3.10. The van der Waals surface area contributed by atoms with E-state index in [0.717, 1.165) is 19.5 Å². The van der Waals surface area contributed by atoms with Gasteiger partial charge in [0.1, 0.15) is 0 Å². The van der Waals surface area contributed by atoms with Gasteiger partial charge in [-0.25, -0.2) is 0 Å². The molecule has 0 bridgehead atoms. The zero-order chi connectivity index (χ0) is 13.8. The molecular weight excluding hydrogens is 228 g/mol. The van der Waals surface area contributed by atoms with E-state index in [9.17, 15) is 0 Å². The molecule has 4 heteroatoms. The second kappa shape index (κ2) is 6.33. The van der Waals surface area contributed by atoms with Crippen molar-refractivity contribution in [1.82, 2.24) is 4.90 Å². The van der Waals surface area contributed by atoms with Crippen LogP contribution in [0.15, 0.2) is 0 Å². The third kappa shape index (κ3) is 3.92. The zero-order valence-corrected chi connectivity index (χ0v) is 12.7. The third-order valence-electron chi connectivity index (χ3n) is 4.45. The Labute approximate surface area is 112 Å². The lowest BCUT2D eigenvalue weighted by Gasteiger charge is -2.47. The minimum absolute atomic E-state index is 0.0345. The molecule has 1 heterocycles. The Morgan fingerprint density at radius 1 is 1.22 bits per heavy atom. The highest BCUT2D eigenvalue weighted by Gasteiger charge is 2.37. The lowest BCUT2D eigenvalue weighted by atomic mass is 9.80. The van der Waals surface area contributed by atoms with Gasteiger partial charge in [0.2, 0.25) is 0 Å². The Balaban J connectivity index is 2.64. The van der Waals surface area contributed by atoms with E-state index in [1.165, 1.54) is 12.8 Å². The molecule has 0 saturated carbocycles. The fourth-order valence-corrected chi connectivity index (χ4v) is 2.62. The number of methoxy groups -OCH3 is 2. The molecule has 2 N–H and O–H groups in total. The molecule has 18 heavy (non-hydrogen) atoms. The lowest BCUT2D eigenvalue weighted by molar-refractivity contribution is -0.131. The van der Waals surface area contributed by atoms with Crippen LogP contribution in [0.4, 0.5) is 0 Å². The molecule has 0 aromatic heterocycles. The maximum absolute atomic E-state index is 6.01. The van der Waals surface area contributed by atoms with Crippen LogP contribution in [-0.4, -0.2) is 50.6 Å². The maximum Gasteiger partial charge on any atom is 0.158 e. The summed E-state index contributed by atoms with van der Waals surface area (Å²) in [5.41, 5.74) is 6.44. The first-order chi connectivity index (χ1) is 8.37. The highest BCUT2D eigenvalue weighted by atomic mass is 16.7. The minimum Gasteiger partial charge on any atom is -0.356 e. The van der Waals surface area contributed by atoms with Crippen molar-refractivity contribution < 1.29 is 9.47 Å². The first-order valence-corrected chi connectivity index (χ1v) is 6.87. The summed E-state index contributed by atoms with van der Waals surface area (Å²) in [6, 6.07) is 0. The van der Waals surface area contributed by atoms with Crippen molar-refractivity contribution in [3.63, 3.8) is 0 Å². The van der Waals surface area contributed by atoms with E-state index in [1.807, 2.05) is 0 Å².